The topological polar surface area (TPSA) is 58.0 Å². The molecule has 4 nitrogen and oxygen atoms in total. The van der Waals surface area contributed by atoms with E-state index in [2.05, 4.69) is 15.3 Å². The lowest BCUT2D eigenvalue weighted by Crippen LogP contribution is -2.36. The molecule has 0 aliphatic heterocycles. The van der Waals surface area contributed by atoms with Gasteiger partial charge in [0.2, 0.25) is 5.95 Å². The molecule has 0 radical (unpaired) electrons. The van der Waals surface area contributed by atoms with E-state index in [0.717, 1.165) is 25.7 Å². The van der Waals surface area contributed by atoms with Gasteiger partial charge in [-0.05, 0) is 12.8 Å². The monoisotopic (exact) mass is 255 g/mol. The van der Waals surface area contributed by atoms with E-state index in [0.29, 0.717) is 17.5 Å². The van der Waals surface area contributed by atoms with Gasteiger partial charge < -0.3 is 10.4 Å². The first-order valence-electron chi connectivity index (χ1n) is 6.12. The van der Waals surface area contributed by atoms with Crippen molar-refractivity contribution >= 4 is 17.5 Å². The molecule has 2 N–H and O–H groups in total. The molecule has 0 atom stereocenters. The molecular formula is C12H18ClN3O. The predicted octanol–water partition coefficient (Wildman–Crippen LogP) is 2.63. The Labute approximate surface area is 106 Å². The highest BCUT2D eigenvalue weighted by Crippen LogP contribution is 2.27. The van der Waals surface area contributed by atoms with Crippen molar-refractivity contribution in [3.05, 3.63) is 17.4 Å². The van der Waals surface area contributed by atoms with Crippen molar-refractivity contribution in [2.24, 2.45) is 0 Å². The SMILES string of the molecule is OC1(CNc2ncc(Cl)cn2)CCCCCC1. The number of halogens is 1. The molecule has 17 heavy (non-hydrogen) atoms. The van der Waals surface area contributed by atoms with Crippen LogP contribution in [0.4, 0.5) is 5.95 Å². The normalized spacial score (nSPS) is 19.6. The maximum absolute atomic E-state index is 10.4. The standard InChI is InChI=1S/C12H18ClN3O/c13-10-7-14-11(15-8-10)16-9-12(17)5-3-1-2-4-6-12/h7-8,17H,1-6,9H2,(H,14,15,16). The van der Waals surface area contributed by atoms with E-state index in [1.165, 1.54) is 12.8 Å². The second kappa shape index (κ2) is 5.65. The third kappa shape index (κ3) is 3.82. The molecule has 2 rings (SSSR count). The highest BCUT2D eigenvalue weighted by molar-refractivity contribution is 6.30. The maximum atomic E-state index is 10.4. The average Bonchev–Trinajstić information content (AvgIpc) is 2.54. The van der Waals surface area contributed by atoms with Crippen molar-refractivity contribution in [3.63, 3.8) is 0 Å². The van der Waals surface area contributed by atoms with Gasteiger partial charge in [0.25, 0.3) is 0 Å². The number of hydrogen-bond donors (Lipinski definition) is 2. The Balaban J connectivity index is 1.89. The van der Waals surface area contributed by atoms with Crippen LogP contribution in [-0.2, 0) is 0 Å². The highest BCUT2D eigenvalue weighted by Gasteiger charge is 2.27. The van der Waals surface area contributed by atoms with Crippen molar-refractivity contribution in [1.82, 2.24) is 9.97 Å². The first-order chi connectivity index (χ1) is 8.18. The Morgan fingerprint density at radius 2 is 1.76 bits per heavy atom. The molecule has 1 aliphatic rings. The Hall–Kier alpha value is -0.870. The first-order valence-corrected chi connectivity index (χ1v) is 6.50. The Bertz CT molecular complexity index is 347. The fourth-order valence-electron chi connectivity index (χ4n) is 2.21. The zero-order chi connectivity index (χ0) is 12.1. The Morgan fingerprint density at radius 1 is 1.18 bits per heavy atom. The summed E-state index contributed by atoms with van der Waals surface area (Å²) in [6.07, 6.45) is 9.45. The molecular weight excluding hydrogens is 238 g/mol. The van der Waals surface area contributed by atoms with E-state index in [1.54, 1.807) is 12.4 Å². The van der Waals surface area contributed by atoms with E-state index in [1.807, 2.05) is 0 Å². The first kappa shape index (κ1) is 12.6. The van der Waals surface area contributed by atoms with E-state index < -0.39 is 5.60 Å². The van der Waals surface area contributed by atoms with Crippen LogP contribution >= 0.6 is 11.6 Å². The number of anilines is 1. The summed E-state index contributed by atoms with van der Waals surface area (Å²) in [5.41, 5.74) is -0.612. The third-order valence-corrected chi connectivity index (χ3v) is 3.43. The lowest BCUT2D eigenvalue weighted by molar-refractivity contribution is 0.0379. The Morgan fingerprint density at radius 3 is 2.35 bits per heavy atom. The lowest BCUT2D eigenvalue weighted by Gasteiger charge is -2.26. The van der Waals surface area contributed by atoms with Gasteiger partial charge >= 0.3 is 0 Å². The largest absolute Gasteiger partial charge is 0.388 e. The molecule has 0 amide bonds. The van der Waals surface area contributed by atoms with Crippen LogP contribution in [-0.4, -0.2) is 27.2 Å². The second-order valence-corrected chi connectivity index (χ2v) is 5.15. The number of nitrogens with one attached hydrogen (secondary N) is 1. The van der Waals surface area contributed by atoms with Crippen LogP contribution in [0, 0.1) is 0 Å². The van der Waals surface area contributed by atoms with Gasteiger partial charge in [0.15, 0.2) is 0 Å². The molecule has 1 saturated carbocycles. The minimum absolute atomic E-state index is 0.509. The van der Waals surface area contributed by atoms with Crippen molar-refractivity contribution in [3.8, 4) is 0 Å². The molecule has 0 saturated heterocycles. The molecule has 94 valence electrons. The van der Waals surface area contributed by atoms with Crippen LogP contribution < -0.4 is 5.32 Å². The number of hydrogen-bond acceptors (Lipinski definition) is 4. The molecule has 1 heterocycles. The zero-order valence-electron chi connectivity index (χ0n) is 9.82. The van der Waals surface area contributed by atoms with Gasteiger partial charge in [-0.1, -0.05) is 37.3 Å². The van der Waals surface area contributed by atoms with Crippen molar-refractivity contribution in [2.45, 2.75) is 44.1 Å². The minimum Gasteiger partial charge on any atom is -0.388 e. The predicted molar refractivity (Wildman–Crippen MR) is 68.2 cm³/mol. The van der Waals surface area contributed by atoms with Gasteiger partial charge in [0, 0.05) is 6.54 Å². The van der Waals surface area contributed by atoms with E-state index in [4.69, 9.17) is 11.6 Å². The van der Waals surface area contributed by atoms with E-state index in [-0.39, 0.29) is 0 Å². The summed E-state index contributed by atoms with van der Waals surface area (Å²) < 4.78 is 0. The van der Waals surface area contributed by atoms with Gasteiger partial charge in [-0.3, -0.25) is 0 Å². The van der Waals surface area contributed by atoms with Crippen molar-refractivity contribution in [2.75, 3.05) is 11.9 Å². The summed E-state index contributed by atoms with van der Waals surface area (Å²) in [6, 6.07) is 0. The molecule has 1 aliphatic carbocycles. The third-order valence-electron chi connectivity index (χ3n) is 3.23. The Kier molecular flexibility index (Phi) is 4.18. The summed E-state index contributed by atoms with van der Waals surface area (Å²) >= 11 is 5.71. The molecule has 0 spiro atoms. The van der Waals surface area contributed by atoms with Gasteiger partial charge in [0.1, 0.15) is 0 Å². The summed E-state index contributed by atoms with van der Waals surface area (Å²) in [5.74, 6) is 0.520. The van der Waals surface area contributed by atoms with E-state index >= 15 is 0 Å². The fraction of sp³-hybridized carbons (Fsp3) is 0.667. The number of nitrogens with zero attached hydrogens (tertiary/aromatic N) is 2. The number of rotatable bonds is 3. The fourth-order valence-corrected chi connectivity index (χ4v) is 2.31. The average molecular weight is 256 g/mol. The number of aliphatic hydroxyl groups is 1. The smallest absolute Gasteiger partial charge is 0.222 e. The van der Waals surface area contributed by atoms with Crippen LogP contribution in [0.2, 0.25) is 5.02 Å². The summed E-state index contributed by atoms with van der Waals surface area (Å²) in [7, 11) is 0. The summed E-state index contributed by atoms with van der Waals surface area (Å²) in [6.45, 7) is 0.509. The summed E-state index contributed by atoms with van der Waals surface area (Å²) in [5, 5.41) is 14.0. The molecule has 5 heteroatoms. The zero-order valence-corrected chi connectivity index (χ0v) is 10.6. The van der Waals surface area contributed by atoms with Crippen LogP contribution in [0.15, 0.2) is 12.4 Å². The minimum atomic E-state index is -0.612. The van der Waals surface area contributed by atoms with Crippen LogP contribution in [0.3, 0.4) is 0 Å². The molecule has 0 bridgehead atoms. The van der Waals surface area contributed by atoms with Gasteiger partial charge in [-0.25, -0.2) is 9.97 Å². The van der Waals surface area contributed by atoms with Crippen molar-refractivity contribution in [1.29, 1.82) is 0 Å². The van der Waals surface area contributed by atoms with Gasteiger partial charge in [0.05, 0.1) is 23.0 Å². The molecule has 0 unspecified atom stereocenters. The quantitative estimate of drug-likeness (QED) is 0.816. The summed E-state index contributed by atoms with van der Waals surface area (Å²) in [4.78, 5) is 8.10. The van der Waals surface area contributed by atoms with Crippen molar-refractivity contribution < 1.29 is 5.11 Å². The van der Waals surface area contributed by atoms with Crippen LogP contribution in [0.1, 0.15) is 38.5 Å². The highest BCUT2D eigenvalue weighted by atomic mass is 35.5. The number of aromatic nitrogens is 2. The van der Waals surface area contributed by atoms with Gasteiger partial charge in [-0.2, -0.15) is 0 Å². The molecule has 1 fully saturated rings. The van der Waals surface area contributed by atoms with Crippen LogP contribution in [0.5, 0.6) is 0 Å². The van der Waals surface area contributed by atoms with Crippen LogP contribution in [0.25, 0.3) is 0 Å². The molecule has 1 aromatic heterocycles. The second-order valence-electron chi connectivity index (χ2n) is 4.72. The molecule has 0 aromatic carbocycles. The molecule has 1 aromatic rings. The van der Waals surface area contributed by atoms with E-state index in [9.17, 15) is 5.11 Å². The van der Waals surface area contributed by atoms with Gasteiger partial charge in [-0.15, -0.1) is 0 Å². The lowest BCUT2D eigenvalue weighted by atomic mass is 9.95. The maximum Gasteiger partial charge on any atom is 0.222 e.